The number of carbonyl (C=O) groups excluding carboxylic acids is 1. The van der Waals surface area contributed by atoms with E-state index in [-0.39, 0.29) is 23.3 Å². The second kappa shape index (κ2) is 7.55. The number of nitrogens with zero attached hydrogens (tertiary/aromatic N) is 4. The van der Waals surface area contributed by atoms with Gasteiger partial charge in [0.2, 0.25) is 17.6 Å². The molecule has 0 saturated carbocycles. The molecule has 0 saturated heterocycles. The van der Waals surface area contributed by atoms with Crippen LogP contribution < -0.4 is 4.90 Å². The summed E-state index contributed by atoms with van der Waals surface area (Å²) >= 11 is 5.97. The molecule has 0 bridgehead atoms. The molecule has 0 aliphatic heterocycles. The van der Waals surface area contributed by atoms with E-state index in [9.17, 15) is 13.2 Å². The van der Waals surface area contributed by atoms with Crippen molar-refractivity contribution < 1.29 is 17.7 Å². The number of hydrogen-bond donors (Lipinski definition) is 0. The van der Waals surface area contributed by atoms with Gasteiger partial charge in [0.25, 0.3) is 0 Å². The number of carbonyl (C=O) groups is 1. The minimum atomic E-state index is -3.55. The Kier molecular flexibility index (Phi) is 5.55. The molecule has 26 heavy (non-hydrogen) atoms. The number of thiophene rings is 1. The van der Waals surface area contributed by atoms with E-state index in [1.807, 2.05) is 11.4 Å². The molecule has 0 atom stereocenters. The van der Waals surface area contributed by atoms with E-state index in [1.165, 1.54) is 34.5 Å². The molecule has 3 aromatic heterocycles. The summed E-state index contributed by atoms with van der Waals surface area (Å²) in [6, 6.07) is 1.83. The van der Waals surface area contributed by atoms with Gasteiger partial charge in [-0.15, -0.1) is 22.7 Å². The van der Waals surface area contributed by atoms with Gasteiger partial charge in [0.1, 0.15) is 5.75 Å². The highest BCUT2D eigenvalue weighted by atomic mass is 79.9. The van der Waals surface area contributed by atoms with Crippen LogP contribution in [-0.2, 0) is 26.1 Å². The van der Waals surface area contributed by atoms with E-state index in [2.05, 4.69) is 31.1 Å². The third-order valence-corrected chi connectivity index (χ3v) is 7.34. The van der Waals surface area contributed by atoms with E-state index in [4.69, 9.17) is 4.52 Å². The Morgan fingerprint density at radius 1 is 1.27 bits per heavy atom. The van der Waals surface area contributed by atoms with Gasteiger partial charge >= 0.3 is 0 Å². The first-order valence-electron chi connectivity index (χ1n) is 7.19. The third-order valence-electron chi connectivity index (χ3n) is 3.27. The van der Waals surface area contributed by atoms with Crippen molar-refractivity contribution in [3.8, 4) is 10.7 Å². The SMILES string of the molecule is CC(=O)N(C)c1nc(CS(=O)(=O)Cc2nc(-c3cc(Br)cs3)no2)cs1. The Morgan fingerprint density at radius 2 is 2.04 bits per heavy atom. The zero-order valence-electron chi connectivity index (χ0n) is 13.7. The molecule has 8 nitrogen and oxygen atoms in total. The molecule has 3 rings (SSSR count). The van der Waals surface area contributed by atoms with Gasteiger partial charge in [-0.25, -0.2) is 13.4 Å². The van der Waals surface area contributed by atoms with Gasteiger partial charge in [-0.3, -0.25) is 9.69 Å². The standard InChI is InChI=1S/C14H13BrN4O4S3/c1-8(20)19(2)14-16-10(5-25-14)6-26(21,22)7-12-17-13(18-23-12)11-3-9(15)4-24-11/h3-5H,6-7H2,1-2H3. The second-order valence-electron chi connectivity index (χ2n) is 5.37. The average molecular weight is 477 g/mol. The van der Waals surface area contributed by atoms with E-state index >= 15 is 0 Å². The predicted octanol–water partition coefficient (Wildman–Crippen LogP) is 3.11. The fraction of sp³-hybridized carbons (Fsp3) is 0.286. The lowest BCUT2D eigenvalue weighted by Gasteiger charge is -2.09. The first kappa shape index (κ1) is 19.1. The number of rotatable bonds is 6. The molecule has 3 aromatic rings. The lowest BCUT2D eigenvalue weighted by molar-refractivity contribution is -0.116. The molecule has 0 aliphatic carbocycles. The lowest BCUT2D eigenvalue weighted by atomic mass is 10.4. The van der Waals surface area contributed by atoms with Crippen LogP contribution in [0.1, 0.15) is 18.5 Å². The summed E-state index contributed by atoms with van der Waals surface area (Å²) in [7, 11) is -1.96. The van der Waals surface area contributed by atoms with Crippen LogP contribution in [0.5, 0.6) is 0 Å². The number of anilines is 1. The number of halogens is 1. The van der Waals surface area contributed by atoms with Crippen molar-refractivity contribution in [1.29, 1.82) is 0 Å². The van der Waals surface area contributed by atoms with Gasteiger partial charge in [0.15, 0.2) is 15.0 Å². The largest absolute Gasteiger partial charge is 0.338 e. The van der Waals surface area contributed by atoms with E-state index in [0.717, 1.165) is 9.35 Å². The average Bonchev–Trinajstić information content (AvgIpc) is 3.27. The summed E-state index contributed by atoms with van der Waals surface area (Å²) in [6.07, 6.45) is 0. The molecule has 0 aliphatic rings. The summed E-state index contributed by atoms with van der Waals surface area (Å²) in [5.41, 5.74) is 0.375. The first-order valence-corrected chi connectivity index (χ1v) is 11.6. The number of sulfone groups is 1. The highest BCUT2D eigenvalue weighted by molar-refractivity contribution is 9.10. The Balaban J connectivity index is 1.70. The molecule has 138 valence electrons. The lowest BCUT2D eigenvalue weighted by Crippen LogP contribution is -2.22. The van der Waals surface area contributed by atoms with Crippen molar-refractivity contribution in [2.24, 2.45) is 0 Å². The highest BCUT2D eigenvalue weighted by Crippen LogP contribution is 2.28. The minimum Gasteiger partial charge on any atom is -0.338 e. The molecule has 0 fully saturated rings. The van der Waals surface area contributed by atoms with Crippen molar-refractivity contribution in [3.63, 3.8) is 0 Å². The van der Waals surface area contributed by atoms with Gasteiger partial charge in [-0.1, -0.05) is 5.16 Å². The van der Waals surface area contributed by atoms with Crippen molar-refractivity contribution in [2.75, 3.05) is 11.9 Å². The highest BCUT2D eigenvalue weighted by Gasteiger charge is 2.21. The van der Waals surface area contributed by atoms with E-state index in [0.29, 0.717) is 16.6 Å². The summed E-state index contributed by atoms with van der Waals surface area (Å²) in [6.45, 7) is 1.41. The Bertz CT molecular complexity index is 1040. The summed E-state index contributed by atoms with van der Waals surface area (Å²) in [5, 5.41) is 7.76. The van der Waals surface area contributed by atoms with Crippen molar-refractivity contribution in [2.45, 2.75) is 18.4 Å². The maximum absolute atomic E-state index is 12.4. The van der Waals surface area contributed by atoms with Crippen molar-refractivity contribution >= 4 is 59.5 Å². The number of aromatic nitrogens is 3. The van der Waals surface area contributed by atoms with Crippen molar-refractivity contribution in [3.05, 3.63) is 32.9 Å². The number of amides is 1. The van der Waals surface area contributed by atoms with Crippen LogP contribution in [0.15, 0.2) is 25.8 Å². The molecule has 12 heteroatoms. The molecule has 0 N–H and O–H groups in total. The number of thiazole rings is 1. The van der Waals surface area contributed by atoms with Gasteiger partial charge in [0.05, 0.1) is 16.3 Å². The van der Waals surface area contributed by atoms with Crippen LogP contribution >= 0.6 is 38.6 Å². The molecule has 0 radical (unpaired) electrons. The topological polar surface area (TPSA) is 106 Å². The quantitative estimate of drug-likeness (QED) is 0.537. The van der Waals surface area contributed by atoms with Gasteiger partial charge in [-0.05, 0) is 22.0 Å². The Hall–Kier alpha value is -1.63. The maximum atomic E-state index is 12.4. The monoisotopic (exact) mass is 476 g/mol. The third kappa shape index (κ3) is 4.55. The van der Waals surface area contributed by atoms with Gasteiger partial charge in [0, 0.05) is 29.2 Å². The van der Waals surface area contributed by atoms with Crippen LogP contribution in [0.2, 0.25) is 0 Å². The fourth-order valence-corrected chi connectivity index (χ4v) is 5.45. The molecular weight excluding hydrogens is 464 g/mol. The predicted molar refractivity (Wildman–Crippen MR) is 103 cm³/mol. The van der Waals surface area contributed by atoms with Crippen LogP contribution in [0.25, 0.3) is 10.7 Å². The normalized spacial score (nSPS) is 11.7. The second-order valence-corrected chi connectivity index (χ2v) is 10.1. The molecule has 1 amide bonds. The maximum Gasteiger partial charge on any atom is 0.242 e. The van der Waals surface area contributed by atoms with Crippen molar-refractivity contribution in [1.82, 2.24) is 15.1 Å². The molecule has 0 aromatic carbocycles. The molecule has 3 heterocycles. The zero-order chi connectivity index (χ0) is 18.9. The van der Waals surface area contributed by atoms with Gasteiger partial charge in [-0.2, -0.15) is 4.98 Å². The summed E-state index contributed by atoms with van der Waals surface area (Å²) in [5.74, 6) is -0.433. The molecule has 0 spiro atoms. The van der Waals surface area contributed by atoms with Crippen LogP contribution in [-0.4, -0.2) is 36.5 Å². The number of hydrogen-bond acceptors (Lipinski definition) is 9. The van der Waals surface area contributed by atoms with Crippen LogP contribution in [0.4, 0.5) is 5.13 Å². The Morgan fingerprint density at radius 3 is 2.69 bits per heavy atom. The fourth-order valence-electron chi connectivity index (χ4n) is 1.96. The summed E-state index contributed by atoms with van der Waals surface area (Å²) < 4.78 is 30.7. The minimum absolute atomic E-state index is 0.0285. The van der Waals surface area contributed by atoms with E-state index in [1.54, 1.807) is 12.4 Å². The Labute approximate surface area is 165 Å². The van der Waals surface area contributed by atoms with Crippen LogP contribution in [0.3, 0.4) is 0 Å². The summed E-state index contributed by atoms with van der Waals surface area (Å²) in [4.78, 5) is 21.8. The zero-order valence-corrected chi connectivity index (χ0v) is 17.7. The smallest absolute Gasteiger partial charge is 0.242 e. The van der Waals surface area contributed by atoms with E-state index < -0.39 is 9.84 Å². The van der Waals surface area contributed by atoms with Crippen LogP contribution in [0, 0.1) is 0 Å². The molecular formula is C14H13BrN4O4S3. The first-order chi connectivity index (χ1) is 12.2. The molecule has 0 unspecified atom stereocenters. The van der Waals surface area contributed by atoms with Gasteiger partial charge < -0.3 is 4.52 Å².